The van der Waals surface area contributed by atoms with E-state index < -0.39 is 0 Å². The SMILES string of the molecule is Cc1ccn(C2CC2)c(=O)c1C(=O)N(CCc1c[nH]c2ccccc12)C1CCCCC1. The molecule has 0 bridgehead atoms. The van der Waals surface area contributed by atoms with Crippen molar-refractivity contribution in [1.29, 1.82) is 0 Å². The lowest BCUT2D eigenvalue weighted by Crippen LogP contribution is -2.45. The van der Waals surface area contributed by atoms with E-state index in [1.165, 1.54) is 17.4 Å². The number of hydrogen-bond donors (Lipinski definition) is 1. The number of carbonyl (C=O) groups excluding carboxylic acids is 1. The number of benzene rings is 1. The Labute approximate surface area is 183 Å². The molecule has 2 aromatic heterocycles. The number of nitrogens with one attached hydrogen (secondary N) is 1. The maximum absolute atomic E-state index is 13.8. The Morgan fingerprint density at radius 2 is 1.87 bits per heavy atom. The third-order valence-electron chi connectivity index (χ3n) is 7.06. The molecule has 0 radical (unpaired) electrons. The molecule has 0 atom stereocenters. The van der Waals surface area contributed by atoms with Crippen LogP contribution in [0, 0.1) is 6.92 Å². The number of amides is 1. The van der Waals surface area contributed by atoms with Gasteiger partial charge in [0.05, 0.1) is 0 Å². The second-order valence-electron chi connectivity index (χ2n) is 9.22. The molecule has 5 heteroatoms. The average molecular weight is 418 g/mol. The molecule has 0 saturated heterocycles. The fourth-order valence-electron chi connectivity index (χ4n) is 5.11. The monoisotopic (exact) mass is 417 g/mol. The summed E-state index contributed by atoms with van der Waals surface area (Å²) in [7, 11) is 0. The fraction of sp³-hybridized carbons (Fsp3) is 0.462. The van der Waals surface area contributed by atoms with Crippen LogP contribution in [0.2, 0.25) is 0 Å². The highest BCUT2D eigenvalue weighted by Gasteiger charge is 2.31. The van der Waals surface area contributed by atoms with Crippen molar-refractivity contribution in [3.8, 4) is 0 Å². The van der Waals surface area contributed by atoms with Gasteiger partial charge in [-0.2, -0.15) is 0 Å². The van der Waals surface area contributed by atoms with Gasteiger partial charge in [-0.25, -0.2) is 0 Å². The molecular formula is C26H31N3O2. The Morgan fingerprint density at radius 1 is 1.10 bits per heavy atom. The first-order chi connectivity index (χ1) is 15.1. The normalized spacial score (nSPS) is 17.2. The van der Waals surface area contributed by atoms with Crippen LogP contribution in [0.25, 0.3) is 10.9 Å². The van der Waals surface area contributed by atoms with Crippen molar-refractivity contribution in [3.63, 3.8) is 0 Å². The predicted molar refractivity (Wildman–Crippen MR) is 124 cm³/mol. The number of pyridine rings is 1. The number of aromatic amines is 1. The summed E-state index contributed by atoms with van der Waals surface area (Å²) in [6, 6.07) is 10.7. The first kappa shape index (κ1) is 20.1. The fourth-order valence-corrected chi connectivity index (χ4v) is 5.11. The van der Waals surface area contributed by atoms with E-state index in [9.17, 15) is 9.59 Å². The van der Waals surface area contributed by atoms with Crippen LogP contribution in [0.15, 0.2) is 47.5 Å². The lowest BCUT2D eigenvalue weighted by molar-refractivity contribution is 0.0633. The minimum absolute atomic E-state index is 0.0794. The minimum atomic E-state index is -0.111. The number of aryl methyl sites for hydroxylation is 1. The van der Waals surface area contributed by atoms with E-state index in [4.69, 9.17) is 0 Å². The molecule has 3 aromatic rings. The van der Waals surface area contributed by atoms with E-state index in [1.807, 2.05) is 30.2 Å². The molecule has 162 valence electrons. The number of para-hydroxylation sites is 1. The van der Waals surface area contributed by atoms with Gasteiger partial charge in [0.15, 0.2) is 0 Å². The molecule has 1 amide bonds. The number of fused-ring (bicyclic) bond motifs is 1. The van der Waals surface area contributed by atoms with Gasteiger partial charge in [0, 0.05) is 41.9 Å². The zero-order chi connectivity index (χ0) is 21.4. The Balaban J connectivity index is 1.45. The summed E-state index contributed by atoms with van der Waals surface area (Å²) in [5, 5.41) is 1.21. The number of rotatable bonds is 6. The van der Waals surface area contributed by atoms with Gasteiger partial charge < -0.3 is 14.5 Å². The molecule has 0 spiro atoms. The third kappa shape index (κ3) is 3.93. The Morgan fingerprint density at radius 3 is 2.65 bits per heavy atom. The number of aromatic nitrogens is 2. The zero-order valence-corrected chi connectivity index (χ0v) is 18.3. The summed E-state index contributed by atoms with van der Waals surface area (Å²) in [4.78, 5) is 32.4. The summed E-state index contributed by atoms with van der Waals surface area (Å²) in [5.74, 6) is -0.0794. The van der Waals surface area contributed by atoms with E-state index in [-0.39, 0.29) is 23.6 Å². The highest BCUT2D eigenvalue weighted by Crippen LogP contribution is 2.33. The molecule has 5 nitrogen and oxygen atoms in total. The van der Waals surface area contributed by atoms with Crippen molar-refractivity contribution in [2.45, 2.75) is 70.4 Å². The Bertz CT molecular complexity index is 1150. The maximum atomic E-state index is 13.8. The van der Waals surface area contributed by atoms with Crippen molar-refractivity contribution in [3.05, 3.63) is 69.8 Å². The van der Waals surface area contributed by atoms with Crippen LogP contribution in [-0.4, -0.2) is 32.9 Å². The molecule has 2 saturated carbocycles. The highest BCUT2D eigenvalue weighted by atomic mass is 16.2. The second kappa shape index (κ2) is 8.37. The van der Waals surface area contributed by atoms with Gasteiger partial charge in [-0.05, 0) is 62.3 Å². The maximum Gasteiger partial charge on any atom is 0.263 e. The van der Waals surface area contributed by atoms with Crippen LogP contribution in [0.1, 0.15) is 72.5 Å². The summed E-state index contributed by atoms with van der Waals surface area (Å²) in [6.45, 7) is 2.53. The van der Waals surface area contributed by atoms with Crippen LogP contribution in [0.3, 0.4) is 0 Å². The van der Waals surface area contributed by atoms with Gasteiger partial charge in [-0.1, -0.05) is 37.5 Å². The van der Waals surface area contributed by atoms with Crippen LogP contribution in [0.4, 0.5) is 0 Å². The third-order valence-corrected chi connectivity index (χ3v) is 7.06. The lowest BCUT2D eigenvalue weighted by Gasteiger charge is -2.35. The van der Waals surface area contributed by atoms with Gasteiger partial charge in [-0.15, -0.1) is 0 Å². The first-order valence-electron chi connectivity index (χ1n) is 11.7. The molecular weight excluding hydrogens is 386 g/mol. The van der Waals surface area contributed by atoms with E-state index in [2.05, 4.69) is 29.4 Å². The van der Waals surface area contributed by atoms with Crippen molar-refractivity contribution < 1.29 is 4.79 Å². The van der Waals surface area contributed by atoms with Crippen LogP contribution in [0.5, 0.6) is 0 Å². The van der Waals surface area contributed by atoms with Gasteiger partial charge in [0.1, 0.15) is 5.56 Å². The topological polar surface area (TPSA) is 58.1 Å². The number of hydrogen-bond acceptors (Lipinski definition) is 2. The molecule has 2 fully saturated rings. The molecule has 31 heavy (non-hydrogen) atoms. The van der Waals surface area contributed by atoms with Crippen LogP contribution >= 0.6 is 0 Å². The van der Waals surface area contributed by atoms with Gasteiger partial charge in [0.25, 0.3) is 11.5 Å². The molecule has 1 N–H and O–H groups in total. The van der Waals surface area contributed by atoms with Crippen LogP contribution in [-0.2, 0) is 6.42 Å². The quantitative estimate of drug-likeness (QED) is 0.614. The standard InChI is InChI=1S/C26H31N3O2/c1-18-13-15-28(21-11-12-21)25(30)24(18)26(31)29(20-7-3-2-4-8-20)16-14-19-17-27-23-10-6-5-9-22(19)23/h5-6,9-10,13,15,17,20-21,27H,2-4,7-8,11-12,14,16H2,1H3. The average Bonchev–Trinajstić information content (AvgIpc) is 3.55. The molecule has 2 heterocycles. The number of carbonyl (C=O) groups is 1. The largest absolute Gasteiger partial charge is 0.361 e. The van der Waals surface area contributed by atoms with Crippen molar-refractivity contribution >= 4 is 16.8 Å². The summed E-state index contributed by atoms with van der Waals surface area (Å²) >= 11 is 0. The van der Waals surface area contributed by atoms with Crippen molar-refractivity contribution in [2.75, 3.05) is 6.54 Å². The molecule has 2 aliphatic rings. The zero-order valence-electron chi connectivity index (χ0n) is 18.3. The van der Waals surface area contributed by atoms with Gasteiger partial charge in [0.2, 0.25) is 0 Å². The van der Waals surface area contributed by atoms with Crippen molar-refractivity contribution in [1.82, 2.24) is 14.5 Å². The summed E-state index contributed by atoms with van der Waals surface area (Å²) in [5.41, 5.74) is 3.41. The summed E-state index contributed by atoms with van der Waals surface area (Å²) < 4.78 is 1.78. The van der Waals surface area contributed by atoms with Gasteiger partial charge in [-0.3, -0.25) is 9.59 Å². The van der Waals surface area contributed by atoms with E-state index in [0.717, 1.165) is 56.0 Å². The highest BCUT2D eigenvalue weighted by molar-refractivity contribution is 5.95. The summed E-state index contributed by atoms with van der Waals surface area (Å²) in [6.07, 6.45) is 12.4. The van der Waals surface area contributed by atoms with E-state index in [0.29, 0.717) is 12.1 Å². The second-order valence-corrected chi connectivity index (χ2v) is 9.22. The lowest BCUT2D eigenvalue weighted by atomic mass is 9.93. The smallest absolute Gasteiger partial charge is 0.263 e. The van der Waals surface area contributed by atoms with E-state index >= 15 is 0 Å². The van der Waals surface area contributed by atoms with E-state index in [1.54, 1.807) is 4.57 Å². The molecule has 0 aliphatic heterocycles. The van der Waals surface area contributed by atoms with Crippen LogP contribution < -0.4 is 5.56 Å². The first-order valence-corrected chi connectivity index (χ1v) is 11.7. The van der Waals surface area contributed by atoms with Crippen molar-refractivity contribution in [2.24, 2.45) is 0 Å². The molecule has 1 aromatic carbocycles. The van der Waals surface area contributed by atoms with Gasteiger partial charge >= 0.3 is 0 Å². The Hall–Kier alpha value is -2.82. The molecule has 5 rings (SSSR count). The predicted octanol–water partition coefficient (Wildman–Crippen LogP) is 4.99. The molecule has 0 unspecified atom stereocenters. The Kier molecular flexibility index (Phi) is 5.43. The number of H-pyrrole nitrogens is 1. The number of nitrogens with zero attached hydrogens (tertiary/aromatic N) is 2. The minimum Gasteiger partial charge on any atom is -0.361 e. The molecule has 2 aliphatic carbocycles.